The lowest BCUT2D eigenvalue weighted by atomic mass is 9.91. The zero-order chi connectivity index (χ0) is 43.9. The highest BCUT2D eigenvalue weighted by Gasteiger charge is 2.13. The molecule has 1 atom stereocenters. The Balaban J connectivity index is 0. The minimum absolute atomic E-state index is 0.0228. The standard InChI is InChI=1S/C40H79NO3.C14H30O/c1-6-8-21-27-39(28-22-9-7-2)33-36-44-40(43)31-25-19-15-12-14-18-24-30-38(32-34-41(5)37(3)4)29-23-17-13-10-11-16-20-26-35-42;1-4-6-8-10-14(12-13-15-3)11-9-7-5-2/h35,37-39H,6-34,36H2,1-5H3;14H,4-13H2,1-3H3. The molecule has 354 valence electrons. The van der Waals surface area contributed by atoms with Gasteiger partial charge in [-0.15, -0.1) is 0 Å². The van der Waals surface area contributed by atoms with Gasteiger partial charge in [-0.25, -0.2) is 0 Å². The Morgan fingerprint density at radius 3 is 1.22 bits per heavy atom. The fourth-order valence-corrected chi connectivity index (χ4v) is 8.50. The van der Waals surface area contributed by atoms with Crippen molar-refractivity contribution in [2.45, 2.75) is 285 Å². The van der Waals surface area contributed by atoms with Crippen LogP contribution in [0.3, 0.4) is 0 Å². The molecule has 0 saturated carbocycles. The monoisotopic (exact) mass is 836 g/mol. The molecule has 0 aliphatic carbocycles. The second kappa shape index (κ2) is 49.7. The largest absolute Gasteiger partial charge is 0.466 e. The number of nitrogens with zero attached hydrogens (tertiary/aromatic N) is 1. The summed E-state index contributed by atoms with van der Waals surface area (Å²) in [5.74, 6) is 2.55. The summed E-state index contributed by atoms with van der Waals surface area (Å²) in [6.45, 7) is 16.5. The van der Waals surface area contributed by atoms with Gasteiger partial charge >= 0.3 is 5.97 Å². The number of aldehydes is 1. The average Bonchev–Trinajstić information content (AvgIpc) is 3.23. The van der Waals surface area contributed by atoms with Gasteiger partial charge in [0.05, 0.1) is 6.61 Å². The third-order valence-corrected chi connectivity index (χ3v) is 13.1. The first kappa shape index (κ1) is 60.1. The number of carbonyl (C=O) groups excluding carboxylic acids is 2. The van der Waals surface area contributed by atoms with Crippen molar-refractivity contribution >= 4 is 12.3 Å². The lowest BCUT2D eigenvalue weighted by Gasteiger charge is -2.24. The molecule has 59 heavy (non-hydrogen) atoms. The van der Waals surface area contributed by atoms with E-state index in [4.69, 9.17) is 9.47 Å². The van der Waals surface area contributed by atoms with Crippen molar-refractivity contribution < 1.29 is 19.1 Å². The number of esters is 1. The van der Waals surface area contributed by atoms with Crippen LogP contribution in [0.25, 0.3) is 0 Å². The summed E-state index contributed by atoms with van der Waals surface area (Å²) in [4.78, 5) is 25.2. The third-order valence-electron chi connectivity index (χ3n) is 13.1. The molecule has 0 saturated heterocycles. The Morgan fingerprint density at radius 2 is 0.831 bits per heavy atom. The molecule has 0 amide bonds. The summed E-state index contributed by atoms with van der Waals surface area (Å²) in [6, 6.07) is 0.629. The summed E-state index contributed by atoms with van der Waals surface area (Å²) >= 11 is 0. The fourth-order valence-electron chi connectivity index (χ4n) is 8.50. The van der Waals surface area contributed by atoms with E-state index in [1.165, 1.54) is 206 Å². The van der Waals surface area contributed by atoms with Crippen LogP contribution in [0.15, 0.2) is 0 Å². The SMILES string of the molecule is CCCCCC(CCCCC)CCOC.CCCCCC(CCCCC)CCOC(=O)CCCCCCCCCC(CCCCCCCCCC=O)CCN(C)C(C)C. The molecule has 0 heterocycles. The van der Waals surface area contributed by atoms with Gasteiger partial charge in [0, 0.05) is 32.6 Å². The van der Waals surface area contributed by atoms with E-state index in [9.17, 15) is 9.59 Å². The smallest absolute Gasteiger partial charge is 0.305 e. The van der Waals surface area contributed by atoms with E-state index in [2.05, 4.69) is 53.5 Å². The number of methoxy groups -OCH3 is 1. The van der Waals surface area contributed by atoms with E-state index in [-0.39, 0.29) is 5.97 Å². The molecule has 0 spiro atoms. The zero-order valence-corrected chi connectivity index (χ0v) is 41.8. The van der Waals surface area contributed by atoms with Gasteiger partial charge in [-0.3, -0.25) is 4.79 Å². The highest BCUT2D eigenvalue weighted by molar-refractivity contribution is 5.69. The van der Waals surface area contributed by atoms with Gasteiger partial charge in [-0.05, 0) is 77.3 Å². The Labute approximate surface area is 371 Å². The quantitative estimate of drug-likeness (QED) is 0.0347. The molecule has 0 aromatic rings. The second-order valence-electron chi connectivity index (χ2n) is 19.0. The molecular formula is C54H109NO4. The summed E-state index contributed by atoms with van der Waals surface area (Å²) in [5.41, 5.74) is 0. The van der Waals surface area contributed by atoms with Crippen LogP contribution in [-0.4, -0.2) is 57.1 Å². The molecule has 1 unspecified atom stereocenters. The van der Waals surface area contributed by atoms with Crippen molar-refractivity contribution in [2.24, 2.45) is 17.8 Å². The molecule has 0 bridgehead atoms. The van der Waals surface area contributed by atoms with Crippen LogP contribution in [0.5, 0.6) is 0 Å². The maximum Gasteiger partial charge on any atom is 0.305 e. The Kier molecular flexibility index (Phi) is 50.7. The maximum absolute atomic E-state index is 12.3. The number of unbranched alkanes of at least 4 members (excludes halogenated alkanes) is 21. The number of hydrogen-bond donors (Lipinski definition) is 0. The summed E-state index contributed by atoms with van der Waals surface area (Å²) in [5, 5.41) is 0. The number of hydrogen-bond acceptors (Lipinski definition) is 5. The molecule has 0 rings (SSSR count). The van der Waals surface area contributed by atoms with E-state index in [0.29, 0.717) is 19.1 Å². The van der Waals surface area contributed by atoms with Crippen LogP contribution < -0.4 is 0 Å². The lowest BCUT2D eigenvalue weighted by Crippen LogP contribution is -2.28. The maximum atomic E-state index is 12.3. The van der Waals surface area contributed by atoms with Crippen LogP contribution in [-0.2, 0) is 19.1 Å². The van der Waals surface area contributed by atoms with Crippen LogP contribution in [0.2, 0.25) is 0 Å². The fraction of sp³-hybridized carbons (Fsp3) is 0.963. The van der Waals surface area contributed by atoms with Gasteiger partial charge in [0.2, 0.25) is 0 Å². The molecule has 5 heteroatoms. The lowest BCUT2D eigenvalue weighted by molar-refractivity contribution is -0.144. The van der Waals surface area contributed by atoms with Crippen LogP contribution in [0.4, 0.5) is 0 Å². The van der Waals surface area contributed by atoms with E-state index in [0.717, 1.165) is 62.8 Å². The first-order chi connectivity index (χ1) is 28.8. The van der Waals surface area contributed by atoms with Crippen LogP contribution in [0.1, 0.15) is 279 Å². The van der Waals surface area contributed by atoms with Crippen molar-refractivity contribution in [2.75, 3.05) is 33.9 Å². The molecule has 0 N–H and O–H groups in total. The minimum atomic E-state index is 0.0228. The van der Waals surface area contributed by atoms with Gasteiger partial charge in [-0.2, -0.15) is 0 Å². The number of rotatable bonds is 46. The van der Waals surface area contributed by atoms with Gasteiger partial charge in [0.1, 0.15) is 6.29 Å². The van der Waals surface area contributed by atoms with E-state index < -0.39 is 0 Å². The molecule has 0 aliphatic heterocycles. The topological polar surface area (TPSA) is 55.8 Å². The zero-order valence-electron chi connectivity index (χ0n) is 41.8. The predicted molar refractivity (Wildman–Crippen MR) is 261 cm³/mol. The molecule has 0 radical (unpaired) electrons. The molecule has 0 fully saturated rings. The minimum Gasteiger partial charge on any atom is -0.466 e. The van der Waals surface area contributed by atoms with E-state index >= 15 is 0 Å². The first-order valence-corrected chi connectivity index (χ1v) is 26.6. The van der Waals surface area contributed by atoms with Crippen molar-refractivity contribution in [3.8, 4) is 0 Å². The highest BCUT2D eigenvalue weighted by Crippen LogP contribution is 2.24. The molecule has 0 aromatic heterocycles. The molecule has 0 aromatic carbocycles. The Bertz CT molecular complexity index is 798. The molecule has 0 aliphatic rings. The van der Waals surface area contributed by atoms with Gasteiger partial charge in [0.25, 0.3) is 0 Å². The molecular weight excluding hydrogens is 727 g/mol. The predicted octanol–water partition coefficient (Wildman–Crippen LogP) is 17.1. The molecule has 5 nitrogen and oxygen atoms in total. The summed E-state index contributed by atoms with van der Waals surface area (Å²) in [7, 11) is 4.08. The van der Waals surface area contributed by atoms with Crippen molar-refractivity contribution in [3.63, 3.8) is 0 Å². The van der Waals surface area contributed by atoms with Gasteiger partial charge in [0.15, 0.2) is 0 Å². The Morgan fingerprint density at radius 1 is 0.475 bits per heavy atom. The number of ether oxygens (including phenoxy) is 2. The van der Waals surface area contributed by atoms with Crippen LogP contribution in [0, 0.1) is 17.8 Å². The van der Waals surface area contributed by atoms with E-state index in [1.807, 2.05) is 7.11 Å². The third kappa shape index (κ3) is 46.4. The average molecular weight is 836 g/mol. The van der Waals surface area contributed by atoms with E-state index in [1.54, 1.807) is 0 Å². The van der Waals surface area contributed by atoms with Crippen molar-refractivity contribution in [1.82, 2.24) is 4.90 Å². The first-order valence-electron chi connectivity index (χ1n) is 26.6. The van der Waals surface area contributed by atoms with Crippen molar-refractivity contribution in [3.05, 3.63) is 0 Å². The van der Waals surface area contributed by atoms with Gasteiger partial charge in [-0.1, -0.05) is 220 Å². The normalized spacial score (nSPS) is 12.1. The number of carbonyl (C=O) groups is 2. The van der Waals surface area contributed by atoms with Crippen molar-refractivity contribution in [1.29, 1.82) is 0 Å². The highest BCUT2D eigenvalue weighted by atomic mass is 16.5. The van der Waals surface area contributed by atoms with Gasteiger partial charge < -0.3 is 19.2 Å². The van der Waals surface area contributed by atoms with Crippen LogP contribution >= 0.6 is 0 Å². The summed E-state index contributed by atoms with van der Waals surface area (Å²) in [6.07, 6.45) is 48.2. The summed E-state index contributed by atoms with van der Waals surface area (Å²) < 4.78 is 10.8. The second-order valence-corrected chi connectivity index (χ2v) is 19.0. The Hall–Kier alpha value is -0.940.